The molecule has 0 spiro atoms. The van der Waals surface area contributed by atoms with E-state index in [1.807, 2.05) is 12.1 Å². The molecule has 1 aromatic rings. The van der Waals surface area contributed by atoms with Crippen molar-refractivity contribution >= 4 is 10.0 Å². The normalized spacial score (nSPS) is 16.7. The Morgan fingerprint density at radius 2 is 1.81 bits per heavy atom. The van der Waals surface area contributed by atoms with Gasteiger partial charge in [-0.1, -0.05) is 25.0 Å². The van der Waals surface area contributed by atoms with Gasteiger partial charge in [0.05, 0.1) is 4.90 Å². The van der Waals surface area contributed by atoms with Gasteiger partial charge in [0.25, 0.3) is 0 Å². The second kappa shape index (κ2) is 7.38. The van der Waals surface area contributed by atoms with Gasteiger partial charge in [-0.15, -0.1) is 0 Å². The van der Waals surface area contributed by atoms with Crippen LogP contribution in [0.25, 0.3) is 0 Å². The Bertz CT molecular complexity index is 533. The topological polar surface area (TPSA) is 57.6 Å². The minimum atomic E-state index is -3.38. The highest BCUT2D eigenvalue weighted by Crippen LogP contribution is 2.27. The van der Waals surface area contributed by atoms with Gasteiger partial charge < -0.3 is 5.11 Å². The van der Waals surface area contributed by atoms with Crippen molar-refractivity contribution in [2.45, 2.75) is 43.4 Å². The van der Waals surface area contributed by atoms with Crippen molar-refractivity contribution in [2.24, 2.45) is 5.92 Å². The van der Waals surface area contributed by atoms with E-state index in [4.69, 9.17) is 5.11 Å². The molecule has 2 rings (SSSR count). The molecule has 0 radical (unpaired) electrons. The van der Waals surface area contributed by atoms with Crippen molar-refractivity contribution < 1.29 is 13.5 Å². The first-order valence-electron chi connectivity index (χ1n) is 7.70. The van der Waals surface area contributed by atoms with Crippen LogP contribution in [0.2, 0.25) is 0 Å². The number of hydrogen-bond acceptors (Lipinski definition) is 3. The summed E-state index contributed by atoms with van der Waals surface area (Å²) in [6.45, 7) is 0.777. The van der Waals surface area contributed by atoms with E-state index in [0.717, 1.165) is 24.8 Å². The van der Waals surface area contributed by atoms with Crippen LogP contribution in [0.5, 0.6) is 0 Å². The maximum Gasteiger partial charge on any atom is 0.242 e. The van der Waals surface area contributed by atoms with E-state index in [-0.39, 0.29) is 6.61 Å². The average molecular weight is 311 g/mol. The van der Waals surface area contributed by atoms with Gasteiger partial charge in [-0.3, -0.25) is 0 Å². The van der Waals surface area contributed by atoms with Crippen LogP contribution in [0.4, 0.5) is 0 Å². The van der Waals surface area contributed by atoms with Crippen molar-refractivity contribution in [3.05, 3.63) is 29.8 Å². The second-order valence-electron chi connectivity index (χ2n) is 5.91. The van der Waals surface area contributed by atoms with Crippen molar-refractivity contribution in [3.8, 4) is 0 Å². The maximum atomic E-state index is 12.5. The van der Waals surface area contributed by atoms with Crippen molar-refractivity contribution in [2.75, 3.05) is 20.2 Å². The Morgan fingerprint density at radius 1 is 1.19 bits per heavy atom. The molecule has 0 aromatic heterocycles. The van der Waals surface area contributed by atoms with E-state index in [2.05, 4.69) is 0 Å². The fourth-order valence-corrected chi connectivity index (χ4v) is 4.19. The van der Waals surface area contributed by atoms with Crippen LogP contribution < -0.4 is 0 Å². The Balaban J connectivity index is 2.03. The van der Waals surface area contributed by atoms with Gasteiger partial charge in [-0.05, 0) is 49.3 Å². The molecule has 1 aromatic carbocycles. The first-order chi connectivity index (χ1) is 10.0. The fourth-order valence-electron chi connectivity index (χ4n) is 2.95. The number of aryl methyl sites for hydroxylation is 1. The van der Waals surface area contributed by atoms with E-state index in [1.54, 1.807) is 19.2 Å². The summed E-state index contributed by atoms with van der Waals surface area (Å²) in [6, 6.07) is 7.03. The summed E-state index contributed by atoms with van der Waals surface area (Å²) in [4.78, 5) is 0.357. The van der Waals surface area contributed by atoms with Crippen LogP contribution in [-0.4, -0.2) is 38.0 Å². The molecule has 118 valence electrons. The van der Waals surface area contributed by atoms with Gasteiger partial charge in [-0.2, -0.15) is 0 Å². The number of hydrogen-bond donors (Lipinski definition) is 1. The molecule has 1 aliphatic carbocycles. The van der Waals surface area contributed by atoms with Crippen molar-refractivity contribution in [3.63, 3.8) is 0 Å². The Hall–Kier alpha value is -0.910. The number of aliphatic hydroxyl groups excluding tert-OH is 1. The quantitative estimate of drug-likeness (QED) is 0.841. The fraction of sp³-hybridized carbons (Fsp3) is 0.625. The summed E-state index contributed by atoms with van der Waals surface area (Å²) < 4.78 is 26.6. The van der Waals surface area contributed by atoms with E-state index in [0.29, 0.717) is 23.8 Å². The number of rotatable bonds is 7. The molecule has 5 heteroatoms. The molecule has 4 nitrogen and oxygen atoms in total. The number of sulfonamides is 1. The number of aliphatic hydroxyl groups is 1. The zero-order valence-corrected chi connectivity index (χ0v) is 13.5. The molecule has 0 atom stereocenters. The Morgan fingerprint density at radius 3 is 2.38 bits per heavy atom. The summed E-state index contributed by atoms with van der Waals surface area (Å²) >= 11 is 0. The lowest BCUT2D eigenvalue weighted by Gasteiger charge is -2.20. The summed E-state index contributed by atoms with van der Waals surface area (Å²) in [5, 5.41) is 8.82. The van der Waals surface area contributed by atoms with Gasteiger partial charge in [0.1, 0.15) is 0 Å². The zero-order valence-electron chi connectivity index (χ0n) is 12.7. The van der Waals surface area contributed by atoms with Crippen LogP contribution in [0.15, 0.2) is 29.2 Å². The Labute approximate surface area is 127 Å². The van der Waals surface area contributed by atoms with E-state index >= 15 is 0 Å². The summed E-state index contributed by atoms with van der Waals surface area (Å²) in [7, 11) is -1.71. The predicted molar refractivity (Wildman–Crippen MR) is 83.6 cm³/mol. The zero-order chi connectivity index (χ0) is 15.3. The predicted octanol–water partition coefficient (Wildman–Crippen LogP) is 2.42. The van der Waals surface area contributed by atoms with E-state index < -0.39 is 10.0 Å². The van der Waals surface area contributed by atoms with Gasteiger partial charge in [-0.25, -0.2) is 12.7 Å². The third kappa shape index (κ3) is 4.28. The highest BCUT2D eigenvalue weighted by atomic mass is 32.2. The molecule has 1 N–H and O–H groups in total. The molecule has 1 fully saturated rings. The lowest BCUT2D eigenvalue weighted by molar-refractivity contribution is 0.288. The molecule has 21 heavy (non-hydrogen) atoms. The number of benzene rings is 1. The monoisotopic (exact) mass is 311 g/mol. The maximum absolute atomic E-state index is 12.5. The lowest BCUT2D eigenvalue weighted by atomic mass is 10.1. The minimum absolute atomic E-state index is 0.157. The van der Waals surface area contributed by atoms with Crippen molar-refractivity contribution in [1.82, 2.24) is 4.31 Å². The third-order valence-electron chi connectivity index (χ3n) is 4.25. The van der Waals surface area contributed by atoms with Crippen molar-refractivity contribution in [1.29, 1.82) is 0 Å². The highest BCUT2D eigenvalue weighted by molar-refractivity contribution is 7.89. The lowest BCUT2D eigenvalue weighted by Crippen LogP contribution is -2.31. The molecule has 0 unspecified atom stereocenters. The van der Waals surface area contributed by atoms with Gasteiger partial charge >= 0.3 is 0 Å². The largest absolute Gasteiger partial charge is 0.396 e. The van der Waals surface area contributed by atoms with Crippen LogP contribution >= 0.6 is 0 Å². The van der Waals surface area contributed by atoms with E-state index in [9.17, 15) is 8.42 Å². The average Bonchev–Trinajstić information content (AvgIpc) is 2.98. The molecule has 1 saturated carbocycles. The molecule has 0 bridgehead atoms. The summed E-state index contributed by atoms with van der Waals surface area (Å²) in [5.74, 6) is 0.508. The summed E-state index contributed by atoms with van der Waals surface area (Å²) in [5.41, 5.74) is 1.06. The molecule has 0 amide bonds. The van der Waals surface area contributed by atoms with Gasteiger partial charge in [0.2, 0.25) is 10.0 Å². The molecule has 1 aliphatic rings. The molecule has 0 heterocycles. The standard InChI is InChI=1S/C16H25NO3S/c1-17(13-15-5-2-3-6-15)21(19,20)16-10-8-14(9-11-16)7-4-12-18/h8-11,15,18H,2-7,12-13H2,1H3. The van der Waals surface area contributed by atoms with Crippen LogP contribution in [0.3, 0.4) is 0 Å². The second-order valence-corrected chi connectivity index (χ2v) is 7.95. The SMILES string of the molecule is CN(CC1CCCC1)S(=O)(=O)c1ccc(CCCO)cc1. The molecule has 0 saturated heterocycles. The van der Waals surface area contributed by atoms with Crippen LogP contribution in [-0.2, 0) is 16.4 Å². The summed E-state index contributed by atoms with van der Waals surface area (Å²) in [6.07, 6.45) is 6.19. The molecule has 0 aliphatic heterocycles. The van der Waals surface area contributed by atoms with Gasteiger partial charge in [0, 0.05) is 20.2 Å². The third-order valence-corrected chi connectivity index (χ3v) is 6.08. The minimum Gasteiger partial charge on any atom is -0.396 e. The first kappa shape index (κ1) is 16.5. The molecular formula is C16H25NO3S. The molecular weight excluding hydrogens is 286 g/mol. The highest BCUT2D eigenvalue weighted by Gasteiger charge is 2.25. The van der Waals surface area contributed by atoms with Crippen LogP contribution in [0, 0.1) is 5.92 Å². The number of nitrogens with zero attached hydrogens (tertiary/aromatic N) is 1. The van der Waals surface area contributed by atoms with Gasteiger partial charge in [0.15, 0.2) is 0 Å². The van der Waals surface area contributed by atoms with E-state index in [1.165, 1.54) is 17.1 Å². The first-order valence-corrected chi connectivity index (χ1v) is 9.14. The van der Waals surface area contributed by atoms with Crippen LogP contribution in [0.1, 0.15) is 37.7 Å². The Kier molecular flexibility index (Phi) is 5.79. The smallest absolute Gasteiger partial charge is 0.242 e.